The highest BCUT2D eigenvalue weighted by atomic mass is 35.5. The van der Waals surface area contributed by atoms with Gasteiger partial charge in [-0.15, -0.1) is 0 Å². The van der Waals surface area contributed by atoms with E-state index in [-0.39, 0.29) is 16.8 Å². The van der Waals surface area contributed by atoms with Crippen molar-refractivity contribution in [3.05, 3.63) is 58.6 Å². The molecule has 1 aromatic carbocycles. The third kappa shape index (κ3) is 4.42. The molecule has 2 heterocycles. The average molecular weight is 407 g/mol. The van der Waals surface area contributed by atoms with Gasteiger partial charge in [0.15, 0.2) is 0 Å². The molecule has 0 spiro atoms. The maximum atomic E-state index is 14.6. The summed E-state index contributed by atoms with van der Waals surface area (Å²) >= 11 is 7.49. The Morgan fingerprint density at radius 3 is 2.89 bits per heavy atom. The number of halogens is 2. The van der Waals surface area contributed by atoms with Gasteiger partial charge in [0.2, 0.25) is 0 Å². The van der Waals surface area contributed by atoms with Crippen molar-refractivity contribution >= 4 is 40.8 Å². The summed E-state index contributed by atoms with van der Waals surface area (Å²) in [5.74, 6) is 0.532. The highest BCUT2D eigenvalue weighted by Gasteiger charge is 2.32. The quantitative estimate of drug-likeness (QED) is 0.799. The first-order chi connectivity index (χ1) is 12.8. The second-order valence-electron chi connectivity index (χ2n) is 6.58. The number of aromatic nitrogens is 1. The molecule has 2 atom stereocenters. The Bertz CT molecular complexity index is 890. The number of carbonyl (C=O) groups excluding carboxylic acids is 1. The van der Waals surface area contributed by atoms with Gasteiger partial charge in [-0.05, 0) is 56.4 Å². The lowest BCUT2D eigenvalue weighted by Gasteiger charge is -2.26. The number of nitrogens with one attached hydrogen (secondary N) is 1. The standard InChI is InChI=1S/C19H20ClFN4OS/c1-11-17(22)25-19(2,7-8-27-11)14-9-13(4-5-15(14)21)24-18(26)16-6-3-12(20)10-23-16/h3-6,9-11H,7-8H2,1-2H3,(H2,22,25)(H,24,26)/t11-,19?/m0/s1. The van der Waals surface area contributed by atoms with Crippen molar-refractivity contribution in [2.24, 2.45) is 10.7 Å². The molecule has 8 heteroatoms. The Hall–Kier alpha value is -2.12. The fourth-order valence-electron chi connectivity index (χ4n) is 2.87. The molecule has 1 aliphatic rings. The molecule has 1 unspecified atom stereocenters. The number of benzene rings is 1. The lowest BCUT2D eigenvalue weighted by molar-refractivity contribution is 0.102. The van der Waals surface area contributed by atoms with Crippen LogP contribution in [0.4, 0.5) is 10.1 Å². The third-order valence-electron chi connectivity index (χ3n) is 4.51. The monoisotopic (exact) mass is 406 g/mol. The molecule has 1 amide bonds. The van der Waals surface area contributed by atoms with Crippen LogP contribution in [0, 0.1) is 5.82 Å². The summed E-state index contributed by atoms with van der Waals surface area (Å²) in [6.45, 7) is 3.85. The predicted octanol–water partition coefficient (Wildman–Crippen LogP) is 4.22. The van der Waals surface area contributed by atoms with Crippen LogP contribution in [-0.2, 0) is 5.54 Å². The number of amidine groups is 1. The topological polar surface area (TPSA) is 80.4 Å². The minimum absolute atomic E-state index is 0.0914. The van der Waals surface area contributed by atoms with E-state index in [1.807, 2.05) is 13.8 Å². The molecule has 1 aromatic heterocycles. The fraction of sp³-hybridized carbons (Fsp3) is 0.316. The largest absolute Gasteiger partial charge is 0.387 e. The molecule has 3 N–H and O–H groups in total. The Labute approximate surface area is 166 Å². The van der Waals surface area contributed by atoms with Gasteiger partial charge in [0, 0.05) is 17.4 Å². The van der Waals surface area contributed by atoms with Crippen LogP contribution in [0.3, 0.4) is 0 Å². The van der Waals surface area contributed by atoms with Gasteiger partial charge in [-0.2, -0.15) is 11.8 Å². The first-order valence-electron chi connectivity index (χ1n) is 8.48. The van der Waals surface area contributed by atoms with Crippen LogP contribution in [0.15, 0.2) is 41.5 Å². The van der Waals surface area contributed by atoms with Crippen LogP contribution in [0.25, 0.3) is 0 Å². The number of hydrogen-bond donors (Lipinski definition) is 2. The summed E-state index contributed by atoms with van der Waals surface area (Å²) in [5, 5.41) is 3.28. The molecule has 142 valence electrons. The number of nitrogens with zero attached hydrogens (tertiary/aromatic N) is 2. The first-order valence-corrected chi connectivity index (χ1v) is 9.91. The highest BCUT2D eigenvalue weighted by Crippen LogP contribution is 2.37. The average Bonchev–Trinajstić information content (AvgIpc) is 2.76. The Kier molecular flexibility index (Phi) is 5.72. The van der Waals surface area contributed by atoms with Crippen LogP contribution in [-0.4, -0.2) is 27.7 Å². The van der Waals surface area contributed by atoms with Crippen molar-refractivity contribution in [2.75, 3.05) is 11.1 Å². The van der Waals surface area contributed by atoms with E-state index in [4.69, 9.17) is 17.3 Å². The summed E-state index contributed by atoms with van der Waals surface area (Å²) in [6.07, 6.45) is 2.05. The molecule has 1 aliphatic heterocycles. The van der Waals surface area contributed by atoms with Crippen molar-refractivity contribution in [3.8, 4) is 0 Å². The zero-order valence-corrected chi connectivity index (χ0v) is 16.6. The van der Waals surface area contributed by atoms with Crippen LogP contribution in [0.2, 0.25) is 5.02 Å². The number of pyridine rings is 1. The molecule has 0 saturated carbocycles. The van der Waals surface area contributed by atoms with Gasteiger partial charge in [0.25, 0.3) is 5.91 Å². The molecule has 3 rings (SSSR count). The third-order valence-corrected chi connectivity index (χ3v) is 5.92. The second-order valence-corrected chi connectivity index (χ2v) is 8.47. The molecule has 0 radical (unpaired) electrons. The summed E-state index contributed by atoms with van der Waals surface area (Å²) < 4.78 is 14.6. The molecular weight excluding hydrogens is 387 g/mol. The lowest BCUT2D eigenvalue weighted by Crippen LogP contribution is -2.28. The molecular formula is C19H20ClFN4OS. The summed E-state index contributed by atoms with van der Waals surface area (Å²) in [6, 6.07) is 7.57. The highest BCUT2D eigenvalue weighted by molar-refractivity contribution is 8.00. The van der Waals surface area contributed by atoms with Gasteiger partial charge in [-0.25, -0.2) is 9.37 Å². The molecule has 0 aliphatic carbocycles. The van der Waals surface area contributed by atoms with E-state index in [9.17, 15) is 9.18 Å². The Balaban J connectivity index is 1.90. The number of carbonyl (C=O) groups is 1. The van der Waals surface area contributed by atoms with Crippen molar-refractivity contribution in [1.82, 2.24) is 4.98 Å². The van der Waals surface area contributed by atoms with Crippen LogP contribution in [0.5, 0.6) is 0 Å². The predicted molar refractivity (Wildman–Crippen MR) is 109 cm³/mol. The van der Waals surface area contributed by atoms with Crippen molar-refractivity contribution in [1.29, 1.82) is 0 Å². The Morgan fingerprint density at radius 2 is 2.19 bits per heavy atom. The number of anilines is 1. The number of nitrogens with two attached hydrogens (primary N) is 1. The van der Waals surface area contributed by atoms with E-state index >= 15 is 0 Å². The number of aliphatic imine (C=N–C) groups is 1. The van der Waals surface area contributed by atoms with Crippen molar-refractivity contribution in [3.63, 3.8) is 0 Å². The minimum Gasteiger partial charge on any atom is -0.387 e. The van der Waals surface area contributed by atoms with Crippen molar-refractivity contribution in [2.45, 2.75) is 31.1 Å². The van der Waals surface area contributed by atoms with E-state index in [0.717, 1.165) is 5.75 Å². The van der Waals surface area contributed by atoms with Gasteiger partial charge in [-0.3, -0.25) is 9.79 Å². The van der Waals surface area contributed by atoms with Gasteiger partial charge >= 0.3 is 0 Å². The molecule has 27 heavy (non-hydrogen) atoms. The molecule has 0 fully saturated rings. The maximum absolute atomic E-state index is 14.6. The second kappa shape index (κ2) is 7.86. The number of hydrogen-bond acceptors (Lipinski definition) is 5. The van der Waals surface area contributed by atoms with Crippen molar-refractivity contribution < 1.29 is 9.18 Å². The lowest BCUT2D eigenvalue weighted by atomic mass is 9.89. The van der Waals surface area contributed by atoms with Crippen LogP contribution >= 0.6 is 23.4 Å². The van der Waals surface area contributed by atoms with Crippen LogP contribution in [0.1, 0.15) is 36.3 Å². The summed E-state index contributed by atoms with van der Waals surface area (Å²) in [5.41, 5.74) is 6.37. The maximum Gasteiger partial charge on any atom is 0.274 e. The van der Waals surface area contributed by atoms with E-state index in [1.54, 1.807) is 23.9 Å². The van der Waals surface area contributed by atoms with Crippen LogP contribution < -0.4 is 11.1 Å². The molecule has 2 aromatic rings. The van der Waals surface area contributed by atoms with Gasteiger partial charge < -0.3 is 11.1 Å². The molecule has 5 nitrogen and oxygen atoms in total. The molecule has 0 bridgehead atoms. The van der Waals surface area contributed by atoms with Gasteiger partial charge in [0.05, 0.1) is 15.8 Å². The van der Waals surface area contributed by atoms with E-state index in [0.29, 0.717) is 28.5 Å². The number of amides is 1. The SMILES string of the molecule is C[C@@H]1SCCC(C)(c2cc(NC(=O)c3ccc(Cl)cn3)ccc2F)N=C1N. The van der Waals surface area contributed by atoms with Gasteiger partial charge in [-0.1, -0.05) is 11.6 Å². The first kappa shape index (κ1) is 19.6. The normalized spacial score (nSPS) is 22.7. The van der Waals surface area contributed by atoms with E-state index in [2.05, 4.69) is 15.3 Å². The zero-order chi connectivity index (χ0) is 19.6. The minimum atomic E-state index is -0.787. The van der Waals surface area contributed by atoms with E-state index in [1.165, 1.54) is 24.4 Å². The summed E-state index contributed by atoms with van der Waals surface area (Å²) in [4.78, 5) is 21.0. The Morgan fingerprint density at radius 1 is 1.41 bits per heavy atom. The fourth-order valence-corrected chi connectivity index (χ4v) is 4.07. The number of rotatable bonds is 3. The zero-order valence-electron chi connectivity index (χ0n) is 15.0. The van der Waals surface area contributed by atoms with E-state index < -0.39 is 11.4 Å². The number of thioether (sulfide) groups is 1. The molecule has 0 saturated heterocycles. The smallest absolute Gasteiger partial charge is 0.274 e. The summed E-state index contributed by atoms with van der Waals surface area (Å²) in [7, 11) is 0. The van der Waals surface area contributed by atoms with Gasteiger partial charge in [0.1, 0.15) is 17.3 Å².